The molecule has 0 bridgehead atoms. The van der Waals surface area contributed by atoms with Crippen molar-refractivity contribution in [3.05, 3.63) is 144 Å². The Labute approximate surface area is 411 Å². The molecule has 0 unspecified atom stereocenters. The van der Waals surface area contributed by atoms with Crippen molar-refractivity contribution in [2.24, 2.45) is 0 Å². The van der Waals surface area contributed by atoms with E-state index in [1.165, 1.54) is 48.5 Å². The van der Waals surface area contributed by atoms with E-state index in [0.29, 0.717) is 25.8 Å². The van der Waals surface area contributed by atoms with Crippen LogP contribution in [0.5, 0.6) is 0 Å². The van der Waals surface area contributed by atoms with E-state index in [-0.39, 0.29) is 54.8 Å². The van der Waals surface area contributed by atoms with Gasteiger partial charge in [-0.2, -0.15) is 0 Å². The number of aliphatic carboxylic acids is 1. The Hall–Kier alpha value is -7.64. The summed E-state index contributed by atoms with van der Waals surface area (Å²) in [4.78, 5) is 106. The highest BCUT2D eigenvalue weighted by atomic mass is 16.7. The van der Waals surface area contributed by atoms with Crippen LogP contribution in [0.2, 0.25) is 0 Å². The van der Waals surface area contributed by atoms with E-state index in [1.807, 2.05) is 0 Å². The summed E-state index contributed by atoms with van der Waals surface area (Å²) in [5.41, 5.74) is -0.422. The molecule has 71 heavy (non-hydrogen) atoms. The summed E-state index contributed by atoms with van der Waals surface area (Å²) in [6.45, 7) is 3.40. The standard InChI is InChI=1S/C52H59N3O16/c1-52(2,3)71-51(64)55(31-28-40(56)53-29-18-8-17-27-42(58)59)33-41(57)54-30-32-65-50-45(70-49(63)38-25-15-7-16-26-38)44(69-48(62)37-23-13-6-14-24-37)43(68-47(61)36-21-11-5-12-22-36)39(67-50)34-66-46(60)35-19-9-4-10-20-35/h4-7,9-16,19-26,39,43-45,50H,8,17-18,27-34H2,1-3H3,(H,53,56)(H,54,57)(H,58,59)/t39-,43+,44+,45-,50-/m1/s1. The Morgan fingerprint density at radius 2 is 1.06 bits per heavy atom. The molecule has 0 saturated carbocycles. The maximum absolute atomic E-state index is 13.9. The summed E-state index contributed by atoms with van der Waals surface area (Å²) in [6.07, 6.45) is -7.34. The quantitative estimate of drug-likeness (QED) is 0.0429. The van der Waals surface area contributed by atoms with E-state index in [0.717, 1.165) is 4.90 Å². The van der Waals surface area contributed by atoms with Crippen LogP contribution in [-0.2, 0) is 47.5 Å². The lowest BCUT2D eigenvalue weighted by molar-refractivity contribution is -0.297. The highest BCUT2D eigenvalue weighted by molar-refractivity contribution is 5.92. The zero-order chi connectivity index (χ0) is 51.2. The van der Waals surface area contributed by atoms with Crippen molar-refractivity contribution in [3.63, 3.8) is 0 Å². The largest absolute Gasteiger partial charge is 0.481 e. The number of nitrogens with zero attached hydrogens (tertiary/aromatic N) is 1. The number of carbonyl (C=O) groups excluding carboxylic acids is 7. The third kappa shape index (κ3) is 18.3. The zero-order valence-corrected chi connectivity index (χ0v) is 39.7. The van der Waals surface area contributed by atoms with E-state index >= 15 is 0 Å². The van der Waals surface area contributed by atoms with Gasteiger partial charge in [0.1, 0.15) is 24.9 Å². The highest BCUT2D eigenvalue weighted by Gasteiger charge is 2.53. The van der Waals surface area contributed by atoms with Gasteiger partial charge < -0.3 is 48.9 Å². The summed E-state index contributed by atoms with van der Waals surface area (Å²) in [5, 5.41) is 14.2. The second kappa shape index (κ2) is 27.5. The van der Waals surface area contributed by atoms with Crippen LogP contribution in [0.4, 0.5) is 4.79 Å². The van der Waals surface area contributed by atoms with E-state index in [4.69, 9.17) is 38.3 Å². The molecular weight excluding hydrogens is 923 g/mol. The third-order valence-corrected chi connectivity index (χ3v) is 10.4. The minimum absolute atomic E-state index is 0.0298. The van der Waals surface area contributed by atoms with Crippen molar-refractivity contribution < 1.29 is 76.6 Å². The molecule has 3 amide bonds. The molecule has 3 N–H and O–H groups in total. The average molecular weight is 982 g/mol. The highest BCUT2D eigenvalue weighted by Crippen LogP contribution is 2.32. The number of benzene rings is 4. The van der Waals surface area contributed by atoms with Gasteiger partial charge in [-0.15, -0.1) is 0 Å². The molecule has 1 heterocycles. The molecule has 378 valence electrons. The lowest BCUT2D eigenvalue weighted by Gasteiger charge is -2.44. The Kier molecular flexibility index (Phi) is 21.1. The van der Waals surface area contributed by atoms with Gasteiger partial charge in [0, 0.05) is 32.5 Å². The number of carboxylic acid groups (broad SMARTS) is 1. The normalized spacial score (nSPS) is 17.4. The van der Waals surface area contributed by atoms with Gasteiger partial charge in [0.15, 0.2) is 24.6 Å². The Balaban J connectivity index is 1.37. The van der Waals surface area contributed by atoms with Crippen LogP contribution >= 0.6 is 0 Å². The van der Waals surface area contributed by atoms with Crippen molar-refractivity contribution >= 4 is 47.8 Å². The topological polar surface area (TPSA) is 249 Å². The lowest BCUT2D eigenvalue weighted by atomic mass is 9.97. The number of hydrogen-bond donors (Lipinski definition) is 3. The fraction of sp³-hybridized carbons (Fsp3) is 0.385. The number of unbranched alkanes of at least 4 members (excludes halogenated alkanes) is 2. The van der Waals surface area contributed by atoms with Crippen LogP contribution < -0.4 is 10.6 Å². The summed E-state index contributed by atoms with van der Waals surface area (Å²) >= 11 is 0. The molecule has 0 spiro atoms. The van der Waals surface area contributed by atoms with Crippen LogP contribution in [-0.4, -0.2) is 133 Å². The first kappa shape index (κ1) is 54.3. The van der Waals surface area contributed by atoms with Crippen LogP contribution in [0, 0.1) is 0 Å². The molecule has 4 aromatic carbocycles. The van der Waals surface area contributed by atoms with Gasteiger partial charge in [0.05, 0.1) is 28.9 Å². The molecule has 19 heteroatoms. The molecule has 1 aliphatic heterocycles. The summed E-state index contributed by atoms with van der Waals surface area (Å²) in [6, 6.07) is 31.7. The molecular formula is C52H59N3O16. The summed E-state index contributed by atoms with van der Waals surface area (Å²) in [7, 11) is 0. The van der Waals surface area contributed by atoms with Gasteiger partial charge in [0.25, 0.3) is 0 Å². The first-order valence-electron chi connectivity index (χ1n) is 23.1. The van der Waals surface area contributed by atoms with Crippen molar-refractivity contribution in [1.82, 2.24) is 15.5 Å². The van der Waals surface area contributed by atoms with Gasteiger partial charge in [-0.3, -0.25) is 19.3 Å². The number of nitrogens with one attached hydrogen (secondary N) is 2. The smallest absolute Gasteiger partial charge is 0.410 e. The molecule has 1 aliphatic rings. The van der Waals surface area contributed by atoms with Crippen LogP contribution in [0.25, 0.3) is 0 Å². The monoisotopic (exact) mass is 981 g/mol. The summed E-state index contributed by atoms with van der Waals surface area (Å²) < 4.78 is 41.9. The maximum Gasteiger partial charge on any atom is 0.410 e. The maximum atomic E-state index is 13.9. The van der Waals surface area contributed by atoms with Gasteiger partial charge >= 0.3 is 35.9 Å². The molecule has 1 saturated heterocycles. The minimum atomic E-state index is -1.67. The molecule has 0 aromatic heterocycles. The molecule has 5 atom stereocenters. The van der Waals surface area contributed by atoms with Crippen molar-refractivity contribution in [2.45, 2.75) is 89.2 Å². The third-order valence-electron chi connectivity index (χ3n) is 10.4. The summed E-state index contributed by atoms with van der Waals surface area (Å²) in [5.74, 6) is -5.38. The van der Waals surface area contributed by atoms with Crippen molar-refractivity contribution in [2.75, 3.05) is 39.4 Å². The molecule has 19 nitrogen and oxygen atoms in total. The average Bonchev–Trinajstić information content (AvgIpc) is 3.36. The SMILES string of the molecule is CC(C)(C)OC(=O)N(CCC(=O)NCCCCCC(=O)O)CC(=O)NCCO[C@@H]1O[C@H](COC(=O)c2ccccc2)[C@H](OC(=O)c2ccccc2)[C@H](OC(=O)c2ccccc2)[C@H]1OC(=O)c1ccccc1. The zero-order valence-electron chi connectivity index (χ0n) is 39.7. The first-order chi connectivity index (χ1) is 34.1. The Morgan fingerprint density at radius 3 is 1.56 bits per heavy atom. The number of ether oxygens (including phenoxy) is 7. The predicted molar refractivity (Wildman–Crippen MR) is 253 cm³/mol. The van der Waals surface area contributed by atoms with Crippen molar-refractivity contribution in [1.29, 1.82) is 0 Å². The predicted octanol–water partition coefficient (Wildman–Crippen LogP) is 5.77. The van der Waals surface area contributed by atoms with Crippen LogP contribution in [0.1, 0.15) is 94.3 Å². The number of esters is 4. The number of rotatable bonds is 24. The second-order valence-electron chi connectivity index (χ2n) is 17.1. The Bertz CT molecular complexity index is 2380. The Morgan fingerprint density at radius 1 is 0.577 bits per heavy atom. The molecule has 5 rings (SSSR count). The second-order valence-corrected chi connectivity index (χ2v) is 17.1. The van der Waals surface area contributed by atoms with Gasteiger partial charge in [-0.25, -0.2) is 24.0 Å². The number of carboxylic acids is 1. The number of hydrogen-bond acceptors (Lipinski definition) is 15. The number of carbonyl (C=O) groups is 8. The molecule has 4 aromatic rings. The first-order valence-corrected chi connectivity index (χ1v) is 23.1. The molecule has 0 radical (unpaired) electrons. The van der Waals surface area contributed by atoms with E-state index in [9.17, 15) is 38.4 Å². The van der Waals surface area contributed by atoms with E-state index in [1.54, 1.807) is 93.6 Å². The molecule has 1 fully saturated rings. The fourth-order valence-electron chi connectivity index (χ4n) is 6.95. The molecule has 0 aliphatic carbocycles. The number of amides is 3. The van der Waals surface area contributed by atoms with Gasteiger partial charge in [0.2, 0.25) is 11.8 Å². The van der Waals surface area contributed by atoms with Crippen molar-refractivity contribution in [3.8, 4) is 0 Å². The fourth-order valence-corrected chi connectivity index (χ4v) is 6.95. The van der Waals surface area contributed by atoms with E-state index < -0.39 is 97.2 Å². The van der Waals surface area contributed by atoms with E-state index in [2.05, 4.69) is 10.6 Å². The van der Waals surface area contributed by atoms with Gasteiger partial charge in [-0.1, -0.05) is 79.2 Å². The van der Waals surface area contributed by atoms with Crippen LogP contribution in [0.15, 0.2) is 121 Å². The van der Waals surface area contributed by atoms with Gasteiger partial charge in [-0.05, 0) is 82.1 Å². The minimum Gasteiger partial charge on any atom is -0.481 e. The lowest BCUT2D eigenvalue weighted by Crippen LogP contribution is -2.63. The van der Waals surface area contributed by atoms with Crippen LogP contribution in [0.3, 0.4) is 0 Å².